The molecule has 1 N–H and O–H groups in total. The van der Waals surface area contributed by atoms with Gasteiger partial charge in [0.1, 0.15) is 12.4 Å². The van der Waals surface area contributed by atoms with Gasteiger partial charge in [-0.05, 0) is 45.9 Å². The molecule has 2 aromatic heterocycles. The normalized spacial score (nSPS) is 11.4. The fraction of sp³-hybridized carbons (Fsp3) is 0.412. The van der Waals surface area contributed by atoms with Crippen LogP contribution in [0.25, 0.3) is 0 Å². The van der Waals surface area contributed by atoms with E-state index in [9.17, 15) is 0 Å². The number of nitrogens with one attached hydrogen (secondary N) is 1. The van der Waals surface area contributed by atoms with Gasteiger partial charge in [-0.3, -0.25) is 9.97 Å². The van der Waals surface area contributed by atoms with Crippen molar-refractivity contribution in [2.24, 2.45) is 0 Å². The smallest absolute Gasteiger partial charge is 0.142 e. The summed E-state index contributed by atoms with van der Waals surface area (Å²) >= 11 is 0. The third kappa shape index (κ3) is 5.16. The molecule has 0 fully saturated rings. The molecule has 0 radical (unpaired) electrons. The van der Waals surface area contributed by atoms with E-state index in [1.54, 1.807) is 6.20 Å². The lowest BCUT2D eigenvalue weighted by Crippen LogP contribution is -2.35. The molecule has 2 rings (SSSR count). The van der Waals surface area contributed by atoms with E-state index in [1.807, 2.05) is 37.4 Å². The van der Waals surface area contributed by atoms with E-state index in [-0.39, 0.29) is 5.54 Å². The maximum Gasteiger partial charge on any atom is 0.142 e. The Morgan fingerprint density at radius 1 is 1.19 bits per heavy atom. The fourth-order valence-electron chi connectivity index (χ4n) is 1.85. The number of nitrogens with zero attached hydrogens (tertiary/aromatic N) is 2. The third-order valence-electron chi connectivity index (χ3n) is 2.97. The van der Waals surface area contributed by atoms with Gasteiger partial charge in [0.25, 0.3) is 0 Å². The number of pyridine rings is 2. The lowest BCUT2D eigenvalue weighted by atomic mass is 10.1. The van der Waals surface area contributed by atoms with Crippen LogP contribution in [0.1, 0.15) is 37.7 Å². The van der Waals surface area contributed by atoms with E-state index >= 15 is 0 Å². The van der Waals surface area contributed by atoms with Gasteiger partial charge in [0, 0.05) is 35.7 Å². The summed E-state index contributed by atoms with van der Waals surface area (Å²) in [6.07, 6.45) is 3.57. The molecule has 0 amide bonds. The van der Waals surface area contributed by atoms with Gasteiger partial charge in [-0.25, -0.2) is 0 Å². The van der Waals surface area contributed by atoms with Gasteiger partial charge in [0.15, 0.2) is 0 Å². The molecular formula is C17H23N3O. The molecule has 0 atom stereocenters. The Labute approximate surface area is 126 Å². The minimum atomic E-state index is 0.0477. The summed E-state index contributed by atoms with van der Waals surface area (Å²) in [7, 11) is 0. The maximum atomic E-state index is 5.90. The van der Waals surface area contributed by atoms with Crippen molar-refractivity contribution in [1.82, 2.24) is 15.3 Å². The van der Waals surface area contributed by atoms with Crippen LogP contribution in [0, 0.1) is 6.92 Å². The maximum absolute atomic E-state index is 5.90. The van der Waals surface area contributed by atoms with Crippen LogP contribution in [-0.2, 0) is 13.2 Å². The standard InChI is InChI=1S/C17H23N3O/c1-13-7-8-16(15(20-13)11-19-17(2,3)4)21-12-14-6-5-9-18-10-14/h5-10,19H,11-12H2,1-4H3. The van der Waals surface area contributed by atoms with Crippen LogP contribution in [0.3, 0.4) is 0 Å². The zero-order chi connectivity index (χ0) is 15.3. The molecule has 2 heterocycles. The Hall–Kier alpha value is -1.94. The molecule has 0 saturated carbocycles. The molecule has 4 nitrogen and oxygen atoms in total. The predicted octanol–water partition coefficient (Wildman–Crippen LogP) is 3.25. The Balaban J connectivity index is 2.07. The summed E-state index contributed by atoms with van der Waals surface area (Å²) < 4.78 is 5.90. The van der Waals surface area contributed by atoms with Crippen LogP contribution in [-0.4, -0.2) is 15.5 Å². The molecule has 0 aliphatic heterocycles. The summed E-state index contributed by atoms with van der Waals surface area (Å²) in [5.41, 5.74) is 3.03. The van der Waals surface area contributed by atoms with Crippen molar-refractivity contribution in [1.29, 1.82) is 0 Å². The van der Waals surface area contributed by atoms with Crippen LogP contribution in [0.15, 0.2) is 36.7 Å². The number of hydrogen-bond donors (Lipinski definition) is 1. The monoisotopic (exact) mass is 285 g/mol. The first-order valence-corrected chi connectivity index (χ1v) is 7.17. The number of ether oxygens (including phenoxy) is 1. The van der Waals surface area contributed by atoms with Gasteiger partial charge in [-0.2, -0.15) is 0 Å². The van der Waals surface area contributed by atoms with Crippen LogP contribution in [0.2, 0.25) is 0 Å². The number of aryl methyl sites for hydroxylation is 1. The van der Waals surface area contributed by atoms with E-state index in [0.717, 1.165) is 22.7 Å². The minimum absolute atomic E-state index is 0.0477. The van der Waals surface area contributed by atoms with Gasteiger partial charge < -0.3 is 10.1 Å². The van der Waals surface area contributed by atoms with E-state index in [0.29, 0.717) is 13.2 Å². The zero-order valence-corrected chi connectivity index (χ0v) is 13.2. The summed E-state index contributed by atoms with van der Waals surface area (Å²) in [6.45, 7) is 9.59. The van der Waals surface area contributed by atoms with Crippen molar-refractivity contribution in [2.75, 3.05) is 0 Å². The lowest BCUT2D eigenvalue weighted by Gasteiger charge is -2.21. The molecule has 21 heavy (non-hydrogen) atoms. The second kappa shape index (κ2) is 6.68. The molecule has 2 aromatic rings. The van der Waals surface area contributed by atoms with Crippen molar-refractivity contribution in [2.45, 2.75) is 46.4 Å². The molecular weight excluding hydrogens is 262 g/mol. The van der Waals surface area contributed by atoms with Crippen LogP contribution in [0.5, 0.6) is 5.75 Å². The highest BCUT2D eigenvalue weighted by atomic mass is 16.5. The predicted molar refractivity (Wildman–Crippen MR) is 84.1 cm³/mol. The van der Waals surface area contributed by atoms with Gasteiger partial charge in [0.2, 0.25) is 0 Å². The van der Waals surface area contributed by atoms with Crippen LogP contribution >= 0.6 is 0 Å². The molecule has 0 saturated heterocycles. The van der Waals surface area contributed by atoms with Crippen molar-refractivity contribution in [3.8, 4) is 5.75 Å². The minimum Gasteiger partial charge on any atom is -0.487 e. The fourth-order valence-corrected chi connectivity index (χ4v) is 1.85. The molecule has 0 bridgehead atoms. The van der Waals surface area contributed by atoms with Gasteiger partial charge in [-0.15, -0.1) is 0 Å². The first-order valence-electron chi connectivity index (χ1n) is 7.17. The topological polar surface area (TPSA) is 47.0 Å². The molecule has 0 aromatic carbocycles. The van der Waals surface area contributed by atoms with Gasteiger partial charge in [0.05, 0.1) is 5.69 Å². The van der Waals surface area contributed by atoms with Crippen molar-refractivity contribution >= 4 is 0 Å². The molecule has 0 unspecified atom stereocenters. The average Bonchev–Trinajstić information content (AvgIpc) is 2.44. The number of rotatable bonds is 5. The largest absolute Gasteiger partial charge is 0.487 e. The molecule has 0 aliphatic carbocycles. The Morgan fingerprint density at radius 3 is 2.67 bits per heavy atom. The molecule has 0 aliphatic rings. The van der Waals surface area contributed by atoms with Crippen molar-refractivity contribution in [3.63, 3.8) is 0 Å². The van der Waals surface area contributed by atoms with Crippen molar-refractivity contribution < 1.29 is 4.74 Å². The highest BCUT2D eigenvalue weighted by Crippen LogP contribution is 2.19. The Morgan fingerprint density at radius 2 is 2.00 bits per heavy atom. The quantitative estimate of drug-likeness (QED) is 0.916. The Bertz CT molecular complexity index is 576. The molecule has 0 spiro atoms. The molecule has 4 heteroatoms. The first kappa shape index (κ1) is 15.4. The zero-order valence-electron chi connectivity index (χ0n) is 13.2. The average molecular weight is 285 g/mol. The van der Waals surface area contributed by atoms with E-state index in [1.165, 1.54) is 0 Å². The van der Waals surface area contributed by atoms with Gasteiger partial charge in [-0.1, -0.05) is 6.07 Å². The third-order valence-corrected chi connectivity index (χ3v) is 2.97. The highest BCUT2D eigenvalue weighted by Gasteiger charge is 2.12. The van der Waals surface area contributed by atoms with E-state index in [2.05, 4.69) is 36.1 Å². The summed E-state index contributed by atoms with van der Waals surface area (Å²) in [5, 5.41) is 3.45. The lowest BCUT2D eigenvalue weighted by molar-refractivity contribution is 0.297. The number of hydrogen-bond acceptors (Lipinski definition) is 4. The van der Waals surface area contributed by atoms with Gasteiger partial charge >= 0.3 is 0 Å². The summed E-state index contributed by atoms with van der Waals surface area (Å²) in [5.74, 6) is 0.821. The SMILES string of the molecule is Cc1ccc(OCc2cccnc2)c(CNC(C)(C)C)n1. The first-order chi connectivity index (χ1) is 9.94. The van der Waals surface area contributed by atoms with E-state index < -0.39 is 0 Å². The Kier molecular flexibility index (Phi) is 4.91. The van der Waals surface area contributed by atoms with Crippen molar-refractivity contribution in [3.05, 3.63) is 53.6 Å². The second-order valence-corrected chi connectivity index (χ2v) is 6.15. The summed E-state index contributed by atoms with van der Waals surface area (Å²) in [4.78, 5) is 8.68. The second-order valence-electron chi connectivity index (χ2n) is 6.15. The summed E-state index contributed by atoms with van der Waals surface area (Å²) in [6, 6.07) is 7.87. The van der Waals surface area contributed by atoms with E-state index in [4.69, 9.17) is 4.74 Å². The van der Waals surface area contributed by atoms with Crippen LogP contribution in [0.4, 0.5) is 0 Å². The highest BCUT2D eigenvalue weighted by molar-refractivity contribution is 5.29. The number of aromatic nitrogens is 2. The molecule has 112 valence electrons. The van der Waals surface area contributed by atoms with Crippen LogP contribution < -0.4 is 10.1 Å².